The van der Waals surface area contributed by atoms with Crippen LogP contribution in [0, 0.1) is 11.6 Å². The van der Waals surface area contributed by atoms with Crippen LogP contribution >= 0.6 is 0 Å². The van der Waals surface area contributed by atoms with Crippen LogP contribution in [0.2, 0.25) is 0 Å². The Kier molecular flexibility index (Phi) is 4.97. The molecule has 1 aromatic heterocycles. The highest BCUT2D eigenvalue weighted by Gasteiger charge is 2.16. The summed E-state index contributed by atoms with van der Waals surface area (Å²) in [6.45, 7) is 2.72. The molecule has 27 heavy (non-hydrogen) atoms. The minimum atomic E-state index is -0.323. The third-order valence-electron chi connectivity index (χ3n) is 4.29. The summed E-state index contributed by atoms with van der Waals surface area (Å²) in [4.78, 5) is 1.96. The highest BCUT2D eigenvalue weighted by molar-refractivity contribution is 5.52. The third-order valence-corrected chi connectivity index (χ3v) is 4.29. The number of benzene rings is 2. The molecule has 1 fully saturated rings. The van der Waals surface area contributed by atoms with E-state index in [1.165, 1.54) is 22.9 Å². The molecule has 1 aliphatic rings. The van der Waals surface area contributed by atoms with Gasteiger partial charge in [-0.3, -0.25) is 0 Å². The topological polar surface area (TPSA) is 52.4 Å². The van der Waals surface area contributed by atoms with Gasteiger partial charge in [-0.25, -0.2) is 13.5 Å². The van der Waals surface area contributed by atoms with E-state index in [0.29, 0.717) is 49.1 Å². The van der Waals surface area contributed by atoms with Crippen molar-refractivity contribution in [2.75, 3.05) is 31.2 Å². The fraction of sp³-hybridized carbons (Fsp3) is 0.263. The van der Waals surface area contributed by atoms with Gasteiger partial charge in [-0.1, -0.05) is 5.21 Å². The number of ether oxygens (including phenoxy) is 2. The van der Waals surface area contributed by atoms with E-state index in [1.807, 2.05) is 4.90 Å². The summed E-state index contributed by atoms with van der Waals surface area (Å²) in [7, 11) is 0. The van der Waals surface area contributed by atoms with Crippen LogP contribution in [-0.4, -0.2) is 41.3 Å². The SMILES string of the molecule is Fc1ccc(OCc2cn(-c3ccc(N4CCOCC4)c(F)c3)nn2)cc1. The highest BCUT2D eigenvalue weighted by atomic mass is 19.1. The molecule has 0 bridgehead atoms. The molecule has 0 atom stereocenters. The van der Waals surface area contributed by atoms with Crippen LogP contribution in [0.1, 0.15) is 5.69 Å². The van der Waals surface area contributed by atoms with Gasteiger partial charge >= 0.3 is 0 Å². The summed E-state index contributed by atoms with van der Waals surface area (Å²) < 4.78 is 39.8. The fourth-order valence-electron chi connectivity index (χ4n) is 2.88. The number of rotatable bonds is 5. The molecule has 0 radical (unpaired) electrons. The fourth-order valence-corrected chi connectivity index (χ4v) is 2.88. The van der Waals surface area contributed by atoms with Crippen molar-refractivity contribution in [3.05, 3.63) is 66.0 Å². The molecule has 6 nitrogen and oxygen atoms in total. The molecule has 2 heterocycles. The Labute approximate surface area is 154 Å². The standard InChI is InChI=1S/C19H18F2N4O2/c20-14-1-4-17(5-2-14)27-13-15-12-25(23-22-15)16-3-6-19(18(21)11-16)24-7-9-26-10-8-24/h1-6,11-12H,7-10,13H2. The number of anilines is 1. The van der Waals surface area contributed by atoms with Crippen molar-refractivity contribution >= 4 is 5.69 Å². The van der Waals surface area contributed by atoms with Gasteiger partial charge in [0.25, 0.3) is 0 Å². The molecular weight excluding hydrogens is 354 g/mol. The Balaban J connectivity index is 1.44. The minimum absolute atomic E-state index is 0.181. The van der Waals surface area contributed by atoms with E-state index in [1.54, 1.807) is 30.5 Å². The van der Waals surface area contributed by atoms with Crippen molar-refractivity contribution < 1.29 is 18.3 Å². The first-order valence-corrected chi connectivity index (χ1v) is 8.61. The van der Waals surface area contributed by atoms with Gasteiger partial charge in [0.15, 0.2) is 0 Å². The number of morpholine rings is 1. The molecule has 4 rings (SSSR count). The molecule has 0 amide bonds. The number of halogens is 2. The van der Waals surface area contributed by atoms with E-state index < -0.39 is 0 Å². The van der Waals surface area contributed by atoms with Crippen molar-refractivity contribution in [2.24, 2.45) is 0 Å². The lowest BCUT2D eigenvalue weighted by atomic mass is 10.2. The van der Waals surface area contributed by atoms with Gasteiger partial charge in [-0.2, -0.15) is 0 Å². The normalized spacial score (nSPS) is 14.4. The summed E-state index contributed by atoms with van der Waals surface area (Å²) in [6.07, 6.45) is 1.67. The van der Waals surface area contributed by atoms with Crippen LogP contribution in [0.15, 0.2) is 48.7 Å². The molecule has 1 saturated heterocycles. The van der Waals surface area contributed by atoms with Crippen molar-refractivity contribution in [1.82, 2.24) is 15.0 Å². The molecule has 2 aromatic carbocycles. The van der Waals surface area contributed by atoms with E-state index in [0.717, 1.165) is 0 Å². The van der Waals surface area contributed by atoms with Gasteiger partial charge < -0.3 is 14.4 Å². The lowest BCUT2D eigenvalue weighted by molar-refractivity contribution is 0.122. The van der Waals surface area contributed by atoms with Gasteiger partial charge in [0, 0.05) is 19.2 Å². The molecule has 3 aromatic rings. The Morgan fingerprint density at radius 3 is 2.56 bits per heavy atom. The number of aromatic nitrogens is 3. The second-order valence-corrected chi connectivity index (χ2v) is 6.13. The maximum absolute atomic E-state index is 14.5. The molecule has 0 saturated carbocycles. The molecule has 0 spiro atoms. The average Bonchev–Trinajstić information content (AvgIpc) is 3.17. The number of hydrogen-bond acceptors (Lipinski definition) is 5. The third kappa shape index (κ3) is 4.06. The predicted molar refractivity (Wildman–Crippen MR) is 95.1 cm³/mol. The maximum Gasteiger partial charge on any atom is 0.148 e. The Morgan fingerprint density at radius 2 is 1.81 bits per heavy atom. The van der Waals surface area contributed by atoms with E-state index >= 15 is 0 Å². The Bertz CT molecular complexity index is 908. The molecule has 1 aliphatic heterocycles. The molecular formula is C19H18F2N4O2. The monoisotopic (exact) mass is 372 g/mol. The van der Waals surface area contributed by atoms with E-state index in [-0.39, 0.29) is 18.2 Å². The molecule has 0 N–H and O–H groups in total. The quantitative estimate of drug-likeness (QED) is 0.689. The van der Waals surface area contributed by atoms with Crippen molar-refractivity contribution in [2.45, 2.75) is 6.61 Å². The van der Waals surface area contributed by atoms with Crippen molar-refractivity contribution in [1.29, 1.82) is 0 Å². The smallest absolute Gasteiger partial charge is 0.148 e. The highest BCUT2D eigenvalue weighted by Crippen LogP contribution is 2.23. The number of hydrogen-bond donors (Lipinski definition) is 0. The van der Waals surface area contributed by atoms with Crippen LogP contribution in [-0.2, 0) is 11.3 Å². The number of nitrogens with zero attached hydrogens (tertiary/aromatic N) is 4. The van der Waals surface area contributed by atoms with E-state index in [4.69, 9.17) is 9.47 Å². The van der Waals surface area contributed by atoms with Crippen LogP contribution < -0.4 is 9.64 Å². The second-order valence-electron chi connectivity index (χ2n) is 6.13. The van der Waals surface area contributed by atoms with Crippen LogP contribution in [0.3, 0.4) is 0 Å². The summed E-state index contributed by atoms with van der Waals surface area (Å²) in [5.41, 5.74) is 1.71. The predicted octanol–water partition coefficient (Wildman–Crippen LogP) is 2.96. The largest absolute Gasteiger partial charge is 0.487 e. The maximum atomic E-state index is 14.5. The van der Waals surface area contributed by atoms with E-state index in [2.05, 4.69) is 10.3 Å². The first-order valence-electron chi connectivity index (χ1n) is 8.61. The molecule has 140 valence electrons. The molecule has 8 heteroatoms. The summed E-state index contributed by atoms with van der Waals surface area (Å²) in [6, 6.07) is 10.7. The second kappa shape index (κ2) is 7.71. The van der Waals surface area contributed by atoms with Gasteiger partial charge in [0.2, 0.25) is 0 Å². The van der Waals surface area contributed by atoms with Crippen molar-refractivity contribution in [3.8, 4) is 11.4 Å². The summed E-state index contributed by atoms with van der Waals surface area (Å²) in [5.74, 6) is -0.100. The summed E-state index contributed by atoms with van der Waals surface area (Å²) >= 11 is 0. The van der Waals surface area contributed by atoms with Crippen LogP contribution in [0.5, 0.6) is 5.75 Å². The first kappa shape index (κ1) is 17.4. The van der Waals surface area contributed by atoms with Crippen molar-refractivity contribution in [3.63, 3.8) is 0 Å². The zero-order valence-electron chi connectivity index (χ0n) is 14.5. The molecule has 0 aliphatic carbocycles. The Hall–Kier alpha value is -3.00. The zero-order valence-corrected chi connectivity index (χ0v) is 14.5. The minimum Gasteiger partial charge on any atom is -0.487 e. The van der Waals surface area contributed by atoms with E-state index in [9.17, 15) is 8.78 Å². The molecule has 0 unspecified atom stereocenters. The van der Waals surface area contributed by atoms with Crippen LogP contribution in [0.4, 0.5) is 14.5 Å². The lowest BCUT2D eigenvalue weighted by Gasteiger charge is -2.29. The average molecular weight is 372 g/mol. The summed E-state index contributed by atoms with van der Waals surface area (Å²) in [5, 5.41) is 8.05. The van der Waals surface area contributed by atoms with Crippen LogP contribution in [0.25, 0.3) is 5.69 Å². The van der Waals surface area contributed by atoms with Gasteiger partial charge in [0.05, 0.1) is 30.8 Å². The first-order chi connectivity index (χ1) is 13.2. The van der Waals surface area contributed by atoms with Gasteiger partial charge in [-0.05, 0) is 36.4 Å². The van der Waals surface area contributed by atoms with Gasteiger partial charge in [-0.15, -0.1) is 5.10 Å². The Morgan fingerprint density at radius 1 is 1.04 bits per heavy atom. The zero-order chi connectivity index (χ0) is 18.6. The lowest BCUT2D eigenvalue weighted by Crippen LogP contribution is -2.36. The van der Waals surface area contributed by atoms with Gasteiger partial charge in [0.1, 0.15) is 29.7 Å².